The van der Waals surface area contributed by atoms with Crippen LogP contribution in [0.1, 0.15) is 50.8 Å². The topological polar surface area (TPSA) is 75.7 Å². The number of carbonyl (C=O) groups is 3. The Hall–Kier alpha value is -3.15. The molecule has 6 heteroatoms. The van der Waals surface area contributed by atoms with E-state index in [9.17, 15) is 14.4 Å². The van der Waals surface area contributed by atoms with Gasteiger partial charge in [-0.25, -0.2) is 0 Å². The number of hydrogen-bond acceptors (Lipinski definition) is 4. The summed E-state index contributed by atoms with van der Waals surface area (Å²) in [5.74, 6) is 0.0943. The quantitative estimate of drug-likeness (QED) is 0.576. The average molecular weight is 366 g/mol. The average Bonchev–Trinajstić information content (AvgIpc) is 2.93. The van der Waals surface area contributed by atoms with Crippen LogP contribution >= 0.6 is 0 Å². The van der Waals surface area contributed by atoms with Crippen LogP contribution in [-0.4, -0.2) is 42.3 Å². The lowest BCUT2D eigenvalue weighted by molar-refractivity contribution is 0.0650. The van der Waals surface area contributed by atoms with Crippen molar-refractivity contribution in [2.24, 2.45) is 0 Å². The molecular weight excluding hydrogens is 344 g/mol. The van der Waals surface area contributed by atoms with Crippen molar-refractivity contribution < 1.29 is 19.1 Å². The van der Waals surface area contributed by atoms with Gasteiger partial charge in [0, 0.05) is 18.7 Å². The molecule has 2 aromatic carbocycles. The Morgan fingerprint density at radius 1 is 0.963 bits per heavy atom. The van der Waals surface area contributed by atoms with Gasteiger partial charge in [-0.3, -0.25) is 19.3 Å². The highest BCUT2D eigenvalue weighted by atomic mass is 16.5. The Labute approximate surface area is 158 Å². The maximum absolute atomic E-state index is 12.3. The summed E-state index contributed by atoms with van der Waals surface area (Å²) in [6.07, 6.45) is 1.31. The van der Waals surface area contributed by atoms with Crippen molar-refractivity contribution in [2.45, 2.75) is 19.8 Å². The van der Waals surface area contributed by atoms with Gasteiger partial charge in [0.05, 0.1) is 17.7 Å². The van der Waals surface area contributed by atoms with Gasteiger partial charge in [0.15, 0.2) is 0 Å². The first-order valence-electron chi connectivity index (χ1n) is 9.08. The summed E-state index contributed by atoms with van der Waals surface area (Å²) in [7, 11) is 0. The zero-order valence-corrected chi connectivity index (χ0v) is 15.2. The van der Waals surface area contributed by atoms with E-state index in [1.807, 2.05) is 6.92 Å². The highest BCUT2D eigenvalue weighted by molar-refractivity contribution is 6.21. The fraction of sp³-hybridized carbons (Fsp3) is 0.286. The SMILES string of the molecule is CCOc1ccc(C(=O)NCCCCN2C(=O)c3ccccc3C2=O)cc1. The highest BCUT2D eigenvalue weighted by Gasteiger charge is 2.34. The van der Waals surface area contributed by atoms with E-state index < -0.39 is 0 Å². The third-order valence-corrected chi connectivity index (χ3v) is 4.40. The predicted molar refractivity (Wildman–Crippen MR) is 101 cm³/mol. The molecule has 0 unspecified atom stereocenters. The van der Waals surface area contributed by atoms with E-state index in [-0.39, 0.29) is 17.7 Å². The molecule has 3 rings (SSSR count). The smallest absolute Gasteiger partial charge is 0.261 e. The third-order valence-electron chi connectivity index (χ3n) is 4.40. The summed E-state index contributed by atoms with van der Waals surface area (Å²) >= 11 is 0. The van der Waals surface area contributed by atoms with Crippen LogP contribution in [0.15, 0.2) is 48.5 Å². The van der Waals surface area contributed by atoms with E-state index in [1.165, 1.54) is 4.90 Å². The lowest BCUT2D eigenvalue weighted by Gasteiger charge is -2.13. The molecule has 0 bridgehead atoms. The number of nitrogens with zero attached hydrogens (tertiary/aromatic N) is 1. The number of unbranched alkanes of at least 4 members (excludes halogenated alkanes) is 1. The van der Waals surface area contributed by atoms with Crippen molar-refractivity contribution in [2.75, 3.05) is 19.7 Å². The molecule has 0 radical (unpaired) electrons. The first kappa shape index (κ1) is 18.6. The summed E-state index contributed by atoms with van der Waals surface area (Å²) in [5.41, 5.74) is 1.50. The third kappa shape index (κ3) is 4.16. The highest BCUT2D eigenvalue weighted by Crippen LogP contribution is 2.22. The Morgan fingerprint density at radius 3 is 2.19 bits per heavy atom. The van der Waals surface area contributed by atoms with Crippen LogP contribution in [0.25, 0.3) is 0 Å². The second-order valence-corrected chi connectivity index (χ2v) is 6.23. The van der Waals surface area contributed by atoms with Gasteiger partial charge in [-0.1, -0.05) is 12.1 Å². The number of hydrogen-bond donors (Lipinski definition) is 1. The zero-order valence-electron chi connectivity index (χ0n) is 15.2. The predicted octanol–water partition coefficient (Wildman–Crippen LogP) is 2.89. The second-order valence-electron chi connectivity index (χ2n) is 6.23. The minimum Gasteiger partial charge on any atom is -0.494 e. The molecule has 0 saturated heterocycles. The van der Waals surface area contributed by atoms with Gasteiger partial charge < -0.3 is 10.1 Å². The normalized spacial score (nSPS) is 12.9. The fourth-order valence-electron chi connectivity index (χ4n) is 3.01. The molecule has 0 aliphatic carbocycles. The second kappa shape index (κ2) is 8.49. The van der Waals surface area contributed by atoms with Gasteiger partial charge in [0.2, 0.25) is 0 Å². The fourth-order valence-corrected chi connectivity index (χ4v) is 3.01. The number of fused-ring (bicyclic) bond motifs is 1. The first-order chi connectivity index (χ1) is 13.1. The van der Waals surface area contributed by atoms with E-state index in [2.05, 4.69) is 5.32 Å². The van der Waals surface area contributed by atoms with Crippen molar-refractivity contribution in [3.05, 3.63) is 65.2 Å². The van der Waals surface area contributed by atoms with Gasteiger partial charge in [0.1, 0.15) is 5.75 Å². The summed E-state index contributed by atoms with van der Waals surface area (Å²) in [4.78, 5) is 37.9. The van der Waals surface area contributed by atoms with Crippen molar-refractivity contribution in [3.8, 4) is 5.75 Å². The molecule has 0 saturated carbocycles. The monoisotopic (exact) mass is 366 g/mol. The molecule has 1 aliphatic rings. The van der Waals surface area contributed by atoms with Crippen molar-refractivity contribution in [1.82, 2.24) is 10.2 Å². The molecule has 3 amide bonds. The number of benzene rings is 2. The van der Waals surface area contributed by atoms with Crippen LogP contribution in [0, 0.1) is 0 Å². The Kier molecular flexibility index (Phi) is 5.86. The van der Waals surface area contributed by atoms with Gasteiger partial charge in [-0.15, -0.1) is 0 Å². The molecule has 27 heavy (non-hydrogen) atoms. The maximum atomic E-state index is 12.3. The summed E-state index contributed by atoms with van der Waals surface area (Å²) in [6.45, 7) is 3.32. The summed E-state index contributed by atoms with van der Waals surface area (Å²) < 4.78 is 5.35. The van der Waals surface area contributed by atoms with Gasteiger partial charge in [-0.2, -0.15) is 0 Å². The van der Waals surface area contributed by atoms with E-state index in [4.69, 9.17) is 4.74 Å². The van der Waals surface area contributed by atoms with Crippen molar-refractivity contribution in [3.63, 3.8) is 0 Å². The molecule has 2 aromatic rings. The molecule has 1 N–H and O–H groups in total. The van der Waals surface area contributed by atoms with Crippen molar-refractivity contribution >= 4 is 17.7 Å². The van der Waals surface area contributed by atoms with Crippen LogP contribution < -0.4 is 10.1 Å². The molecule has 0 aromatic heterocycles. The van der Waals surface area contributed by atoms with Crippen molar-refractivity contribution in [1.29, 1.82) is 0 Å². The molecule has 0 fully saturated rings. The maximum Gasteiger partial charge on any atom is 0.261 e. The van der Waals surface area contributed by atoms with Crippen LogP contribution in [0.2, 0.25) is 0 Å². The van der Waals surface area contributed by atoms with Crippen LogP contribution in [0.3, 0.4) is 0 Å². The molecule has 1 heterocycles. The molecule has 1 aliphatic heterocycles. The minimum atomic E-state index is -0.242. The minimum absolute atomic E-state index is 0.154. The van der Waals surface area contributed by atoms with Gasteiger partial charge >= 0.3 is 0 Å². The number of imide groups is 1. The standard InChI is InChI=1S/C21H22N2O4/c1-2-27-16-11-9-15(10-12-16)19(24)22-13-5-6-14-23-20(25)17-7-3-4-8-18(17)21(23)26/h3-4,7-12H,2,5-6,13-14H2,1H3,(H,22,24). The number of nitrogens with one attached hydrogen (secondary N) is 1. The van der Waals surface area contributed by atoms with Gasteiger partial charge in [0.25, 0.3) is 17.7 Å². The van der Waals surface area contributed by atoms with E-state index in [0.717, 1.165) is 5.75 Å². The number of carbonyl (C=O) groups excluding carboxylic acids is 3. The first-order valence-corrected chi connectivity index (χ1v) is 9.08. The van der Waals surface area contributed by atoms with Crippen LogP contribution in [0.4, 0.5) is 0 Å². The summed E-state index contributed by atoms with van der Waals surface area (Å²) in [5, 5.41) is 2.85. The Morgan fingerprint density at radius 2 is 1.59 bits per heavy atom. The van der Waals surface area contributed by atoms with E-state index in [0.29, 0.717) is 49.2 Å². The van der Waals surface area contributed by atoms with Crippen LogP contribution in [0.5, 0.6) is 5.75 Å². The molecule has 140 valence electrons. The van der Waals surface area contributed by atoms with Gasteiger partial charge in [-0.05, 0) is 56.2 Å². The molecule has 6 nitrogen and oxygen atoms in total. The molecular formula is C21H22N2O4. The number of amides is 3. The Balaban J connectivity index is 1.41. The molecule has 0 spiro atoms. The van der Waals surface area contributed by atoms with E-state index >= 15 is 0 Å². The lowest BCUT2D eigenvalue weighted by atomic mass is 10.1. The van der Waals surface area contributed by atoms with E-state index in [1.54, 1.807) is 48.5 Å². The number of rotatable bonds is 8. The van der Waals surface area contributed by atoms with Crippen LogP contribution in [-0.2, 0) is 0 Å². The molecule has 0 atom stereocenters. The zero-order chi connectivity index (χ0) is 19.2. The summed E-state index contributed by atoms with van der Waals surface area (Å²) in [6, 6.07) is 13.8. The largest absolute Gasteiger partial charge is 0.494 e. The number of ether oxygens (including phenoxy) is 1. The Bertz CT molecular complexity index is 811. The lowest BCUT2D eigenvalue weighted by Crippen LogP contribution is -2.31.